The zero-order chi connectivity index (χ0) is 11.4. The lowest BCUT2D eigenvalue weighted by Gasteiger charge is -1.97. The number of halogens is 2. The van der Waals surface area contributed by atoms with Gasteiger partial charge >= 0.3 is 0 Å². The molecule has 0 amide bonds. The van der Waals surface area contributed by atoms with E-state index < -0.39 is 6.08 Å². The summed E-state index contributed by atoms with van der Waals surface area (Å²) in [6.45, 7) is 0. The third kappa shape index (κ3) is 3.09. The molecule has 2 heterocycles. The molecule has 0 spiro atoms. The molecule has 0 aromatic carbocycles. The Morgan fingerprint density at radius 2 is 2.44 bits per heavy atom. The van der Waals surface area contributed by atoms with Crippen LogP contribution in [0.5, 0.6) is 0 Å². The van der Waals surface area contributed by atoms with Crippen LogP contribution in [0.25, 0.3) is 5.70 Å². The molecule has 1 unspecified atom stereocenters. The van der Waals surface area contributed by atoms with E-state index >= 15 is 0 Å². The number of hydrogen-bond donors (Lipinski definition) is 0. The Labute approximate surface area is 99.6 Å². The number of rotatable bonds is 4. The predicted molar refractivity (Wildman–Crippen MR) is 66.7 cm³/mol. The molecule has 1 aromatic rings. The molecule has 2 rings (SSSR count). The third-order valence-electron chi connectivity index (χ3n) is 2.12. The van der Waals surface area contributed by atoms with Gasteiger partial charge in [-0.3, -0.25) is 0 Å². The van der Waals surface area contributed by atoms with Crippen molar-refractivity contribution in [2.75, 3.05) is 11.5 Å². The molecule has 1 aliphatic heterocycles. The van der Waals surface area contributed by atoms with E-state index in [-0.39, 0.29) is 10.7 Å². The van der Waals surface area contributed by atoms with Gasteiger partial charge in [0.15, 0.2) is 0 Å². The van der Waals surface area contributed by atoms with Gasteiger partial charge in [-0.15, -0.1) is 11.3 Å². The minimum Gasteiger partial charge on any atom is -0.227 e. The van der Waals surface area contributed by atoms with Crippen molar-refractivity contribution in [3.63, 3.8) is 0 Å². The summed E-state index contributed by atoms with van der Waals surface area (Å²) in [4.78, 5) is 1.17. The second-order valence-corrected chi connectivity index (χ2v) is 6.07. The largest absolute Gasteiger partial charge is 0.266 e. The molecule has 5 heteroatoms. The zero-order valence-corrected chi connectivity index (χ0v) is 10.2. The molecule has 0 radical (unpaired) electrons. The average Bonchev–Trinajstić information content (AvgIpc) is 2.85. The molecule has 86 valence electrons. The van der Waals surface area contributed by atoms with Gasteiger partial charge < -0.3 is 0 Å². The van der Waals surface area contributed by atoms with Gasteiger partial charge in [0.05, 0.1) is 10.6 Å². The maximum absolute atomic E-state index is 11.8. The Balaban J connectivity index is 1.92. The second kappa shape index (κ2) is 5.50. The standard InChI is InChI=1S/C11H11F2NS2/c12-11(13)4-2-7-16-8-5-9(14-16)10-3-1-6-15-10/h1,3-6H,2,7-8H2. The summed E-state index contributed by atoms with van der Waals surface area (Å²) in [5.74, 6) is 1.62. The van der Waals surface area contributed by atoms with Crippen LogP contribution in [0.15, 0.2) is 40.1 Å². The minimum atomic E-state index is -1.59. The van der Waals surface area contributed by atoms with Gasteiger partial charge in [0.25, 0.3) is 6.08 Å². The Morgan fingerprint density at radius 1 is 1.56 bits per heavy atom. The Bertz CT molecular complexity index is 443. The van der Waals surface area contributed by atoms with Crippen molar-refractivity contribution < 1.29 is 8.78 Å². The molecule has 1 aliphatic rings. The smallest absolute Gasteiger partial charge is 0.227 e. The first kappa shape index (κ1) is 11.7. The fourth-order valence-electron chi connectivity index (χ4n) is 1.39. The normalized spacial score (nSPS) is 19.1. The second-order valence-electron chi connectivity index (χ2n) is 3.27. The van der Waals surface area contributed by atoms with Crippen LogP contribution in [0.4, 0.5) is 8.78 Å². The van der Waals surface area contributed by atoms with Crippen LogP contribution in [0.3, 0.4) is 0 Å². The van der Waals surface area contributed by atoms with Crippen LogP contribution in [0.2, 0.25) is 0 Å². The molecule has 0 N–H and O–H groups in total. The molecule has 0 saturated carbocycles. The van der Waals surface area contributed by atoms with Crippen molar-refractivity contribution >= 4 is 27.7 Å². The molecular weight excluding hydrogens is 248 g/mol. The Morgan fingerprint density at radius 3 is 3.12 bits per heavy atom. The first-order valence-electron chi connectivity index (χ1n) is 4.90. The van der Waals surface area contributed by atoms with Gasteiger partial charge in [0.2, 0.25) is 0 Å². The number of hydrogen-bond acceptors (Lipinski definition) is 2. The van der Waals surface area contributed by atoms with E-state index in [4.69, 9.17) is 0 Å². The first-order valence-corrected chi connectivity index (χ1v) is 7.30. The van der Waals surface area contributed by atoms with Gasteiger partial charge in [-0.1, -0.05) is 16.8 Å². The maximum atomic E-state index is 11.8. The van der Waals surface area contributed by atoms with Crippen LogP contribution >= 0.6 is 11.3 Å². The zero-order valence-electron chi connectivity index (χ0n) is 8.53. The van der Waals surface area contributed by atoms with E-state index in [0.29, 0.717) is 6.42 Å². The highest BCUT2D eigenvalue weighted by molar-refractivity contribution is 7.87. The highest BCUT2D eigenvalue weighted by Crippen LogP contribution is 2.26. The average molecular weight is 259 g/mol. The van der Waals surface area contributed by atoms with Gasteiger partial charge in [-0.05, 0) is 30.0 Å². The fourth-order valence-corrected chi connectivity index (χ4v) is 3.68. The van der Waals surface area contributed by atoms with Crippen LogP contribution in [0, 0.1) is 0 Å². The molecule has 1 nitrogen and oxygen atoms in total. The molecule has 16 heavy (non-hydrogen) atoms. The summed E-state index contributed by atoms with van der Waals surface area (Å²) in [6, 6.07) is 4.03. The summed E-state index contributed by atoms with van der Waals surface area (Å²) in [5, 5.41) is 2.02. The molecular formula is C11H11F2NS2. The van der Waals surface area contributed by atoms with E-state index in [1.807, 2.05) is 17.5 Å². The molecule has 0 saturated heterocycles. The number of thiophene rings is 1. The van der Waals surface area contributed by atoms with Crippen LogP contribution in [-0.4, -0.2) is 11.5 Å². The van der Waals surface area contributed by atoms with Crippen molar-refractivity contribution in [3.05, 3.63) is 40.6 Å². The molecule has 1 aromatic heterocycles. The highest BCUT2D eigenvalue weighted by Gasteiger charge is 2.09. The van der Waals surface area contributed by atoms with Crippen molar-refractivity contribution in [2.45, 2.75) is 6.42 Å². The highest BCUT2D eigenvalue weighted by atomic mass is 32.2. The van der Waals surface area contributed by atoms with Crippen LogP contribution in [-0.2, 0) is 10.7 Å². The van der Waals surface area contributed by atoms with Crippen molar-refractivity contribution in [3.8, 4) is 0 Å². The van der Waals surface area contributed by atoms with E-state index in [0.717, 1.165) is 23.3 Å². The summed E-state index contributed by atoms with van der Waals surface area (Å²) in [5.41, 5.74) is 1.03. The van der Waals surface area contributed by atoms with Crippen LogP contribution in [0.1, 0.15) is 11.3 Å². The van der Waals surface area contributed by atoms with E-state index in [9.17, 15) is 8.78 Å². The minimum absolute atomic E-state index is 0.0973. The number of allylic oxidation sites excluding steroid dienone is 1. The lowest BCUT2D eigenvalue weighted by molar-refractivity contribution is 0.418. The summed E-state index contributed by atoms with van der Waals surface area (Å²) < 4.78 is 28.2. The van der Waals surface area contributed by atoms with E-state index in [1.54, 1.807) is 11.3 Å². The summed E-state index contributed by atoms with van der Waals surface area (Å²) in [6.07, 6.45) is 1.91. The lowest BCUT2D eigenvalue weighted by Crippen LogP contribution is -1.95. The maximum Gasteiger partial charge on any atom is 0.266 e. The van der Waals surface area contributed by atoms with E-state index in [1.165, 1.54) is 4.88 Å². The van der Waals surface area contributed by atoms with Crippen molar-refractivity contribution in [1.29, 1.82) is 0 Å². The van der Waals surface area contributed by atoms with Crippen LogP contribution < -0.4 is 0 Å². The quantitative estimate of drug-likeness (QED) is 0.772. The molecule has 0 fully saturated rings. The predicted octanol–water partition coefficient (Wildman–Crippen LogP) is 4.08. The van der Waals surface area contributed by atoms with Gasteiger partial charge in [0.1, 0.15) is 0 Å². The van der Waals surface area contributed by atoms with Gasteiger partial charge in [-0.25, -0.2) is 4.36 Å². The first-order chi connectivity index (χ1) is 7.75. The molecule has 0 aliphatic carbocycles. The SMILES string of the molecule is FC(F)=CCCS1=NC(c2cccs2)=CC1. The Kier molecular flexibility index (Phi) is 4.01. The molecule has 0 bridgehead atoms. The van der Waals surface area contributed by atoms with Crippen molar-refractivity contribution in [1.82, 2.24) is 0 Å². The number of nitrogens with zero attached hydrogens (tertiary/aromatic N) is 1. The monoisotopic (exact) mass is 259 g/mol. The van der Waals surface area contributed by atoms with E-state index in [2.05, 4.69) is 10.4 Å². The molecule has 1 atom stereocenters. The Hall–Kier alpha value is -0.810. The van der Waals surface area contributed by atoms with Crippen molar-refractivity contribution in [2.24, 2.45) is 4.36 Å². The third-order valence-corrected chi connectivity index (χ3v) is 4.73. The summed E-state index contributed by atoms with van der Waals surface area (Å²) >= 11 is 1.66. The summed E-state index contributed by atoms with van der Waals surface area (Å²) in [7, 11) is -0.0973. The fraction of sp³-hybridized carbons (Fsp3) is 0.273. The van der Waals surface area contributed by atoms with Gasteiger partial charge in [-0.2, -0.15) is 8.78 Å². The topological polar surface area (TPSA) is 12.4 Å². The lowest BCUT2D eigenvalue weighted by atomic mass is 10.3. The van der Waals surface area contributed by atoms with Gasteiger partial charge in [0, 0.05) is 11.5 Å².